The Morgan fingerprint density at radius 3 is 1.95 bits per heavy atom. The van der Waals surface area contributed by atoms with Crippen LogP contribution in [0.25, 0.3) is 72.7 Å². The molecular weight excluding hydrogens is 962 g/mol. The molecule has 0 amide bonds. The SMILES string of the molecule is [2H]C([2H])([2H])c1cc(-c2cc(C([2H])(C)C)cc(C([2H])(C)C)c2)ccc1-n1c(-c2cc(C)cc(C(C)(C)C)c2O)nc2c(-c3[c-]c(-c4cc(-c5ccc(C)cc5)ccn4)cc(C(C)(C)C)c3)cccc21.[Pt]. The molecular formula is C59H62N3OPt-. The molecule has 8 rings (SSSR count). The van der Waals surface area contributed by atoms with E-state index in [0.717, 1.165) is 66.9 Å². The van der Waals surface area contributed by atoms with Gasteiger partial charge in [0.05, 0.1) is 22.3 Å². The fraction of sp³-hybridized carbons (Fsp3) is 0.288. The summed E-state index contributed by atoms with van der Waals surface area (Å²) in [6.07, 6.45) is 1.84. The first kappa shape index (κ1) is 40.0. The molecule has 0 aliphatic rings. The van der Waals surface area contributed by atoms with Crippen molar-refractivity contribution in [2.75, 3.05) is 0 Å². The van der Waals surface area contributed by atoms with Crippen LogP contribution in [-0.4, -0.2) is 19.6 Å². The molecule has 0 fully saturated rings. The Labute approximate surface area is 403 Å². The molecule has 2 aromatic heterocycles. The number of benzene rings is 6. The van der Waals surface area contributed by atoms with Crippen LogP contribution < -0.4 is 0 Å². The zero-order valence-corrected chi connectivity index (χ0v) is 41.4. The first-order valence-corrected chi connectivity index (χ1v) is 21.9. The molecule has 0 unspecified atom stereocenters. The zero-order chi connectivity index (χ0) is 49.5. The van der Waals surface area contributed by atoms with Crippen LogP contribution >= 0.6 is 0 Å². The quantitative estimate of drug-likeness (QED) is 0.154. The van der Waals surface area contributed by atoms with Crippen molar-refractivity contribution >= 4 is 11.0 Å². The minimum Gasteiger partial charge on any atom is -0.507 e. The number of phenols is 1. The predicted octanol–water partition coefficient (Wildman–Crippen LogP) is 16.0. The number of phenolic OH excluding ortho intramolecular Hbond substituents is 1. The van der Waals surface area contributed by atoms with E-state index in [1.807, 2.05) is 112 Å². The number of hydrogen-bond acceptors (Lipinski definition) is 3. The van der Waals surface area contributed by atoms with Gasteiger partial charge in [-0.15, -0.1) is 29.3 Å². The monoisotopic (exact) mass is 1030 g/mol. The van der Waals surface area contributed by atoms with Crippen molar-refractivity contribution in [3.8, 4) is 67.5 Å². The van der Waals surface area contributed by atoms with Gasteiger partial charge in [0.15, 0.2) is 0 Å². The van der Waals surface area contributed by atoms with Crippen molar-refractivity contribution in [2.45, 2.75) is 113 Å². The number of imidazole rings is 1. The second-order valence-electron chi connectivity index (χ2n) is 19.7. The second-order valence-corrected chi connectivity index (χ2v) is 19.7. The Kier molecular flexibility index (Phi) is 11.1. The van der Waals surface area contributed by atoms with E-state index in [0.29, 0.717) is 33.7 Å². The third kappa shape index (κ3) is 9.18. The summed E-state index contributed by atoms with van der Waals surface area (Å²) in [6, 6.07) is 41.7. The van der Waals surface area contributed by atoms with Crippen LogP contribution in [0.15, 0.2) is 121 Å². The standard InChI is InChI=1S/C59H62N3O.Pt/c1-35(2)43-28-44(36(3)4)30-45(29-43)41-21-22-53(39(7)27-41)62-54-16-14-15-49(55(54)61-57(62)50-25-38(6)26-51(56(50)63)59(11,12)13)46-31-47(33-48(32-46)58(8,9)10)52-34-42(23-24-60-52)40-19-17-37(5)18-20-40;/h14-30,32-36,63H,1-13H3;/q-1;/i7D3,35D,36D;. The van der Waals surface area contributed by atoms with Gasteiger partial charge in [-0.2, -0.15) is 0 Å². The first-order chi connectivity index (χ1) is 31.6. The van der Waals surface area contributed by atoms with Crippen LogP contribution in [-0.2, 0) is 31.9 Å². The summed E-state index contributed by atoms with van der Waals surface area (Å²) in [5, 5.41) is 12.3. The van der Waals surface area contributed by atoms with E-state index in [4.69, 9.17) is 16.8 Å². The molecule has 1 N–H and O–H groups in total. The number of aromatic nitrogens is 3. The topological polar surface area (TPSA) is 50.9 Å². The summed E-state index contributed by atoms with van der Waals surface area (Å²) >= 11 is 0. The van der Waals surface area contributed by atoms with Crippen LogP contribution in [0, 0.1) is 26.8 Å². The fourth-order valence-electron chi connectivity index (χ4n) is 8.33. The van der Waals surface area contributed by atoms with Gasteiger partial charge in [-0.3, -0.25) is 9.55 Å². The summed E-state index contributed by atoms with van der Waals surface area (Å²) < 4.78 is 46.9. The molecule has 6 aromatic carbocycles. The van der Waals surface area contributed by atoms with Gasteiger partial charge in [-0.1, -0.05) is 159 Å². The van der Waals surface area contributed by atoms with E-state index >= 15 is 0 Å². The number of aromatic hydroxyl groups is 1. The number of fused-ring (bicyclic) bond motifs is 1. The molecule has 0 spiro atoms. The van der Waals surface area contributed by atoms with Crippen LogP contribution in [0.1, 0.15) is 127 Å². The molecule has 2 heterocycles. The summed E-state index contributed by atoms with van der Waals surface area (Å²) in [4.78, 5) is 10.3. The fourth-order valence-corrected chi connectivity index (χ4v) is 8.33. The van der Waals surface area contributed by atoms with E-state index in [1.165, 1.54) is 5.56 Å². The normalized spacial score (nSPS) is 13.7. The van der Waals surface area contributed by atoms with Gasteiger partial charge >= 0.3 is 0 Å². The second kappa shape index (κ2) is 17.8. The van der Waals surface area contributed by atoms with Crippen molar-refractivity contribution in [3.63, 3.8) is 0 Å². The Morgan fingerprint density at radius 1 is 0.656 bits per heavy atom. The van der Waals surface area contributed by atoms with Crippen molar-refractivity contribution in [3.05, 3.63) is 166 Å². The number of aryl methyl sites for hydroxylation is 3. The van der Waals surface area contributed by atoms with Crippen LogP contribution in [0.2, 0.25) is 0 Å². The van der Waals surface area contributed by atoms with Gasteiger partial charge in [0.1, 0.15) is 11.6 Å². The van der Waals surface area contributed by atoms with Crippen LogP contribution in [0.4, 0.5) is 0 Å². The maximum atomic E-state index is 12.3. The Bertz CT molecular complexity index is 3200. The maximum Gasteiger partial charge on any atom is 0.148 e. The van der Waals surface area contributed by atoms with Crippen LogP contribution in [0.3, 0.4) is 0 Å². The number of pyridine rings is 1. The number of hydrogen-bond donors (Lipinski definition) is 1. The molecule has 0 radical (unpaired) electrons. The molecule has 0 aliphatic heterocycles. The molecule has 0 saturated heterocycles. The summed E-state index contributed by atoms with van der Waals surface area (Å²) in [6.45, 7) is 21.5. The molecule has 0 saturated carbocycles. The van der Waals surface area contributed by atoms with E-state index in [9.17, 15) is 5.11 Å². The summed E-state index contributed by atoms with van der Waals surface area (Å²) in [7, 11) is 0. The maximum absolute atomic E-state index is 12.3. The third-order valence-corrected chi connectivity index (χ3v) is 12.1. The molecule has 0 bridgehead atoms. The Morgan fingerprint density at radius 2 is 1.31 bits per heavy atom. The average Bonchev–Trinajstić information content (AvgIpc) is 3.65. The van der Waals surface area contributed by atoms with E-state index in [-0.39, 0.29) is 37.8 Å². The molecule has 5 heteroatoms. The molecule has 330 valence electrons. The number of para-hydroxylation sites is 1. The van der Waals surface area contributed by atoms with Crippen molar-refractivity contribution < 1.29 is 33.0 Å². The Hall–Kier alpha value is -5.57. The van der Waals surface area contributed by atoms with Crippen molar-refractivity contribution in [1.29, 1.82) is 0 Å². The van der Waals surface area contributed by atoms with Gasteiger partial charge in [0, 0.05) is 45.4 Å². The van der Waals surface area contributed by atoms with Crippen LogP contribution in [0.5, 0.6) is 5.75 Å². The largest absolute Gasteiger partial charge is 0.507 e. The van der Waals surface area contributed by atoms with Gasteiger partial charge < -0.3 is 5.11 Å². The molecule has 4 nitrogen and oxygen atoms in total. The van der Waals surface area contributed by atoms with Gasteiger partial charge in [0.2, 0.25) is 0 Å². The van der Waals surface area contributed by atoms with Gasteiger partial charge in [-0.05, 0) is 118 Å². The molecule has 64 heavy (non-hydrogen) atoms. The predicted molar refractivity (Wildman–Crippen MR) is 266 cm³/mol. The van der Waals surface area contributed by atoms with E-state index in [2.05, 4.69) is 97.0 Å². The average molecular weight is 1030 g/mol. The Balaban J connectivity index is 0.00000703. The minimum absolute atomic E-state index is 0. The van der Waals surface area contributed by atoms with Crippen molar-refractivity contribution in [2.24, 2.45) is 0 Å². The van der Waals surface area contributed by atoms with Gasteiger partial charge in [-0.25, -0.2) is 4.98 Å². The number of rotatable bonds is 8. The molecule has 0 atom stereocenters. The third-order valence-electron chi connectivity index (χ3n) is 12.1. The molecule has 8 aromatic rings. The van der Waals surface area contributed by atoms with Crippen molar-refractivity contribution in [1.82, 2.24) is 14.5 Å². The van der Waals surface area contributed by atoms with E-state index in [1.54, 1.807) is 6.07 Å². The zero-order valence-electron chi connectivity index (χ0n) is 44.2. The van der Waals surface area contributed by atoms with E-state index < -0.39 is 24.1 Å². The summed E-state index contributed by atoms with van der Waals surface area (Å²) in [5.74, 6) is -1.44. The van der Waals surface area contributed by atoms with Gasteiger partial charge in [0.25, 0.3) is 0 Å². The molecule has 0 aliphatic carbocycles. The minimum atomic E-state index is -2.59. The number of nitrogens with zero attached hydrogens (tertiary/aromatic N) is 3. The summed E-state index contributed by atoms with van der Waals surface area (Å²) in [5.41, 5.74) is 13.7. The smallest absolute Gasteiger partial charge is 0.148 e. The first-order valence-electron chi connectivity index (χ1n) is 24.4.